The minimum absolute atomic E-state index is 0. The molecule has 0 bridgehead atoms. The zero-order valence-electron chi connectivity index (χ0n) is 18.5. The molecule has 0 aliphatic carbocycles. The average molecular weight is 699 g/mol. The van der Waals surface area contributed by atoms with Crippen molar-refractivity contribution in [2.24, 2.45) is 0 Å². The first-order valence-corrected chi connectivity index (χ1v) is 10.0. The molecule has 0 spiro atoms. The van der Waals surface area contributed by atoms with E-state index in [9.17, 15) is 101 Å². The van der Waals surface area contributed by atoms with Crippen LogP contribution < -0.4 is 4.74 Å². The van der Waals surface area contributed by atoms with E-state index < -0.39 is 97.6 Å². The molecule has 0 fully saturated rings. The zero-order valence-corrected chi connectivity index (χ0v) is 21.3. The van der Waals surface area contributed by atoms with E-state index in [0.717, 1.165) is 0 Å². The molecule has 4 nitrogen and oxygen atoms in total. The van der Waals surface area contributed by atoms with Crippen molar-refractivity contribution in [2.75, 3.05) is 0 Å². The molecule has 0 atom stereocenters. The standard InChI is InChI=1S/C15HF21O4S.Na/c16-1-2(17)4(19)6(41(37,38)39)5(3(1)18)40-8(21)7(20)9(22,23)10(24,25)11(26,27)12(28,29)13(30,31)14(32,33)15(34,35)36;/h(H,37,38,39);. The molecule has 0 saturated heterocycles. The van der Waals surface area contributed by atoms with E-state index >= 15 is 0 Å². The van der Waals surface area contributed by atoms with E-state index in [1.807, 2.05) is 0 Å². The summed E-state index contributed by atoms with van der Waals surface area (Å²) in [5.74, 6) is -73.9. The van der Waals surface area contributed by atoms with Crippen molar-refractivity contribution in [3.8, 4) is 5.75 Å². The number of allylic oxidation sites excluding steroid dienone is 1. The van der Waals surface area contributed by atoms with Gasteiger partial charge in [0.2, 0.25) is 17.5 Å². The fourth-order valence-electron chi connectivity index (χ4n) is 2.28. The second-order valence-corrected chi connectivity index (χ2v) is 8.38. The molecule has 1 aromatic rings. The van der Waals surface area contributed by atoms with Gasteiger partial charge in [0.05, 0.1) is 0 Å². The molecule has 42 heavy (non-hydrogen) atoms. The van der Waals surface area contributed by atoms with E-state index in [2.05, 4.69) is 4.74 Å². The Labute approximate surface area is 237 Å². The molecule has 1 aromatic carbocycles. The van der Waals surface area contributed by atoms with Gasteiger partial charge in [0.15, 0.2) is 22.3 Å². The van der Waals surface area contributed by atoms with E-state index in [-0.39, 0.29) is 29.6 Å². The summed E-state index contributed by atoms with van der Waals surface area (Å²) in [6.07, 6.45) is -7.98. The molecule has 0 unspecified atom stereocenters. The zero-order chi connectivity index (χ0) is 33.3. The van der Waals surface area contributed by atoms with E-state index in [4.69, 9.17) is 4.55 Å². The second-order valence-electron chi connectivity index (χ2n) is 7.02. The molecule has 1 N–H and O–H groups in total. The Morgan fingerprint density at radius 2 is 0.905 bits per heavy atom. The van der Waals surface area contributed by atoms with Crippen LogP contribution >= 0.6 is 0 Å². The molecule has 0 saturated carbocycles. The van der Waals surface area contributed by atoms with Crippen LogP contribution in [0, 0.1) is 23.3 Å². The van der Waals surface area contributed by atoms with Crippen LogP contribution in [0.4, 0.5) is 92.2 Å². The van der Waals surface area contributed by atoms with Gasteiger partial charge in [-0.25, -0.2) is 13.2 Å². The Hall–Kier alpha value is -1.80. The number of rotatable bonds is 9. The molecule has 27 heteroatoms. The second kappa shape index (κ2) is 11.3. The summed E-state index contributed by atoms with van der Waals surface area (Å²) in [6, 6.07) is -4.53. The predicted octanol–water partition coefficient (Wildman–Crippen LogP) is 6.97. The summed E-state index contributed by atoms with van der Waals surface area (Å²) in [7, 11) is -6.61. The van der Waals surface area contributed by atoms with Crippen LogP contribution in [0.1, 0.15) is 0 Å². The van der Waals surface area contributed by atoms with Crippen molar-refractivity contribution in [3.05, 3.63) is 35.1 Å². The van der Waals surface area contributed by atoms with Crippen LogP contribution in [0.25, 0.3) is 0 Å². The van der Waals surface area contributed by atoms with Crippen LogP contribution in [0.2, 0.25) is 0 Å². The van der Waals surface area contributed by atoms with Crippen molar-refractivity contribution in [1.29, 1.82) is 0 Å². The third-order valence-corrected chi connectivity index (χ3v) is 5.29. The van der Waals surface area contributed by atoms with Gasteiger partial charge < -0.3 is 4.74 Å². The van der Waals surface area contributed by atoms with Gasteiger partial charge in [0, 0.05) is 29.6 Å². The molecule has 0 heterocycles. The number of benzene rings is 1. The smallest absolute Gasteiger partial charge is 0.425 e. The maximum absolute atomic E-state index is 13.7. The normalized spacial score (nSPS) is 15.3. The Morgan fingerprint density at radius 1 is 0.571 bits per heavy atom. The summed E-state index contributed by atoms with van der Waals surface area (Å²) in [6.45, 7) is 0. The summed E-state index contributed by atoms with van der Waals surface area (Å²) in [5.41, 5.74) is 0. The van der Waals surface area contributed by atoms with Gasteiger partial charge in [0.25, 0.3) is 0 Å². The summed E-state index contributed by atoms with van der Waals surface area (Å²) in [4.78, 5) is -3.20. The van der Waals surface area contributed by atoms with Crippen LogP contribution in [-0.2, 0) is 10.1 Å². The third-order valence-electron chi connectivity index (χ3n) is 4.41. The predicted molar refractivity (Wildman–Crippen MR) is 87.4 cm³/mol. The van der Waals surface area contributed by atoms with Gasteiger partial charge in [-0.05, 0) is 0 Å². The first-order valence-electron chi connectivity index (χ1n) is 8.60. The van der Waals surface area contributed by atoms with Crippen molar-refractivity contribution < 1.29 is 110 Å². The number of hydrogen-bond acceptors (Lipinski definition) is 3. The largest absolute Gasteiger partial charge is 0.460 e. The summed E-state index contributed by atoms with van der Waals surface area (Å²) in [5, 5.41) is 0. The van der Waals surface area contributed by atoms with Crippen molar-refractivity contribution in [2.45, 2.75) is 46.6 Å². The third kappa shape index (κ3) is 5.71. The number of hydrogen-bond donors (Lipinski definition) is 1. The van der Waals surface area contributed by atoms with Gasteiger partial charge in [-0.2, -0.15) is 87.4 Å². The number of alkyl halides is 15. The molecular weight excluding hydrogens is 698 g/mol. The van der Waals surface area contributed by atoms with Crippen molar-refractivity contribution in [1.82, 2.24) is 0 Å². The van der Waals surface area contributed by atoms with E-state index in [1.54, 1.807) is 0 Å². The van der Waals surface area contributed by atoms with Crippen LogP contribution in [0.5, 0.6) is 5.75 Å². The summed E-state index contributed by atoms with van der Waals surface area (Å²) < 4.78 is 311. The fraction of sp³-hybridized carbons (Fsp3) is 0.467. The molecule has 0 amide bonds. The monoisotopic (exact) mass is 699 g/mol. The van der Waals surface area contributed by atoms with Crippen LogP contribution in [0.3, 0.4) is 0 Å². The van der Waals surface area contributed by atoms with Crippen molar-refractivity contribution >= 4 is 39.7 Å². The molecule has 1 radical (unpaired) electrons. The maximum Gasteiger partial charge on any atom is 0.460 e. The van der Waals surface area contributed by atoms with Gasteiger partial charge >= 0.3 is 57.8 Å². The molecule has 0 aromatic heterocycles. The Bertz CT molecular complexity index is 1350. The molecular formula is C15HF21NaO4S. The Morgan fingerprint density at radius 3 is 1.26 bits per heavy atom. The minimum Gasteiger partial charge on any atom is -0.425 e. The van der Waals surface area contributed by atoms with E-state index in [1.165, 1.54) is 0 Å². The van der Waals surface area contributed by atoms with Gasteiger partial charge in [-0.3, -0.25) is 4.55 Å². The van der Waals surface area contributed by atoms with Gasteiger partial charge in [-0.15, -0.1) is 0 Å². The van der Waals surface area contributed by atoms with Crippen molar-refractivity contribution in [3.63, 3.8) is 0 Å². The molecule has 0 aliphatic heterocycles. The Balaban J connectivity index is 0.0000168. The minimum atomic E-state index is -8.95. The fourth-order valence-corrected chi connectivity index (χ4v) is 2.96. The SMILES string of the molecule is O=S(=O)(O)c1c(F)c(F)c(F)c(F)c1OC(F)=C(F)C(F)(F)C(F)(F)C(F)(F)C(F)(F)C(F)(F)C(F)(F)C(F)(F)F.[Na]. The maximum atomic E-state index is 13.7. The van der Waals surface area contributed by atoms with Gasteiger partial charge in [0.1, 0.15) is 0 Å². The average Bonchev–Trinajstić information content (AvgIpc) is 2.78. The van der Waals surface area contributed by atoms with Gasteiger partial charge in [-0.1, -0.05) is 0 Å². The first kappa shape index (κ1) is 40.2. The summed E-state index contributed by atoms with van der Waals surface area (Å²) >= 11 is 0. The van der Waals surface area contributed by atoms with Crippen LogP contribution in [0.15, 0.2) is 16.7 Å². The number of ether oxygens (including phenoxy) is 1. The van der Waals surface area contributed by atoms with Crippen LogP contribution in [-0.4, -0.2) is 84.2 Å². The quantitative estimate of drug-likeness (QED) is 0.0756. The molecule has 0 aliphatic rings. The molecule has 239 valence electrons. The first-order chi connectivity index (χ1) is 17.7. The number of halogens is 21. The Kier molecular flexibility index (Phi) is 10.8. The topological polar surface area (TPSA) is 63.6 Å². The van der Waals surface area contributed by atoms with E-state index in [0.29, 0.717) is 0 Å². The molecule has 1 rings (SSSR count).